The van der Waals surface area contributed by atoms with Crippen LogP contribution >= 0.6 is 11.6 Å². The van der Waals surface area contributed by atoms with Crippen LogP contribution in [-0.4, -0.2) is 25.2 Å². The molecule has 6 heteroatoms. The minimum absolute atomic E-state index is 0.0769. The molecule has 2 aromatic carbocycles. The Morgan fingerprint density at radius 2 is 1.77 bits per heavy atom. The molecule has 0 spiro atoms. The van der Waals surface area contributed by atoms with E-state index < -0.39 is 5.97 Å². The van der Waals surface area contributed by atoms with E-state index in [0.29, 0.717) is 22.2 Å². The van der Waals surface area contributed by atoms with Crippen molar-refractivity contribution in [2.45, 2.75) is 0 Å². The van der Waals surface area contributed by atoms with Crippen molar-refractivity contribution in [1.29, 1.82) is 0 Å². The maximum absolute atomic E-state index is 12.9. The molecule has 1 aromatic heterocycles. The summed E-state index contributed by atoms with van der Waals surface area (Å²) in [5, 5.41) is 0.523. The van der Waals surface area contributed by atoms with Crippen molar-refractivity contribution in [1.82, 2.24) is 4.98 Å². The largest absolute Gasteiger partial charge is 0.497 e. The number of carbonyl (C=O) groups excluding carboxylic acids is 1. The van der Waals surface area contributed by atoms with Crippen molar-refractivity contribution in [3.8, 4) is 5.75 Å². The number of benzene rings is 2. The third-order valence-electron chi connectivity index (χ3n) is 3.96. The SMILES string of the molecule is COC(=O)/C(=C/c1ccc(OC)cc1)c1c(Cl)[nH]c2ccccc2c1=O. The van der Waals surface area contributed by atoms with Gasteiger partial charge in [-0.2, -0.15) is 0 Å². The van der Waals surface area contributed by atoms with Crippen molar-refractivity contribution in [3.05, 3.63) is 75.0 Å². The number of fused-ring (bicyclic) bond motifs is 1. The molecule has 0 radical (unpaired) electrons. The number of hydrogen-bond donors (Lipinski definition) is 1. The third kappa shape index (κ3) is 3.34. The molecule has 0 saturated heterocycles. The van der Waals surface area contributed by atoms with Gasteiger partial charge in [-0.3, -0.25) is 4.79 Å². The lowest BCUT2D eigenvalue weighted by Crippen LogP contribution is -2.16. The molecule has 1 heterocycles. The number of nitrogens with one attached hydrogen (secondary N) is 1. The van der Waals surface area contributed by atoms with Gasteiger partial charge >= 0.3 is 5.97 Å². The Labute approximate surface area is 154 Å². The fraction of sp³-hybridized carbons (Fsp3) is 0.100. The van der Waals surface area contributed by atoms with Crippen LogP contribution < -0.4 is 10.2 Å². The Hall–Kier alpha value is -3.05. The number of hydrogen-bond acceptors (Lipinski definition) is 4. The second-order valence-corrected chi connectivity index (χ2v) is 5.89. The number of methoxy groups -OCH3 is 2. The Balaban J connectivity index is 2.23. The molecule has 0 unspecified atom stereocenters. The fourth-order valence-electron chi connectivity index (χ4n) is 2.66. The minimum atomic E-state index is -0.650. The quantitative estimate of drug-likeness (QED) is 0.430. The molecule has 0 saturated carbocycles. The first-order chi connectivity index (χ1) is 12.5. The summed E-state index contributed by atoms with van der Waals surface area (Å²) in [5.74, 6) is 0.0341. The number of halogens is 1. The van der Waals surface area contributed by atoms with E-state index in [1.807, 2.05) is 0 Å². The molecule has 3 aromatic rings. The Morgan fingerprint density at radius 3 is 2.42 bits per heavy atom. The second kappa shape index (κ2) is 7.45. The number of carbonyl (C=O) groups is 1. The van der Waals surface area contributed by atoms with Crippen LogP contribution in [0.5, 0.6) is 5.75 Å². The van der Waals surface area contributed by atoms with E-state index in [0.717, 1.165) is 0 Å². The first kappa shape index (κ1) is 17.8. The highest BCUT2D eigenvalue weighted by atomic mass is 35.5. The summed E-state index contributed by atoms with van der Waals surface area (Å²) in [6.07, 6.45) is 1.57. The van der Waals surface area contributed by atoms with E-state index in [1.165, 1.54) is 7.11 Å². The average molecular weight is 370 g/mol. The summed E-state index contributed by atoms with van der Waals surface area (Å²) in [4.78, 5) is 28.2. The van der Waals surface area contributed by atoms with Gasteiger partial charge in [0.15, 0.2) is 5.43 Å². The average Bonchev–Trinajstić information content (AvgIpc) is 2.67. The molecular formula is C20H16ClNO4. The molecule has 0 fully saturated rings. The molecular weight excluding hydrogens is 354 g/mol. The molecule has 0 amide bonds. The number of ether oxygens (including phenoxy) is 2. The van der Waals surface area contributed by atoms with Gasteiger partial charge in [-0.15, -0.1) is 0 Å². The highest BCUT2D eigenvalue weighted by Gasteiger charge is 2.21. The number of aromatic nitrogens is 1. The van der Waals surface area contributed by atoms with Crippen molar-refractivity contribution in [2.75, 3.05) is 14.2 Å². The van der Waals surface area contributed by atoms with Crippen LogP contribution in [0, 0.1) is 0 Å². The summed E-state index contributed by atoms with van der Waals surface area (Å²) in [7, 11) is 2.83. The minimum Gasteiger partial charge on any atom is -0.497 e. The Bertz CT molecular complexity index is 1050. The topological polar surface area (TPSA) is 68.4 Å². The molecule has 0 aliphatic heterocycles. The van der Waals surface area contributed by atoms with E-state index in [1.54, 1.807) is 61.7 Å². The van der Waals surface area contributed by atoms with Gasteiger partial charge in [0.25, 0.3) is 0 Å². The van der Waals surface area contributed by atoms with E-state index in [-0.39, 0.29) is 21.7 Å². The lowest BCUT2D eigenvalue weighted by molar-refractivity contribution is -0.133. The smallest absolute Gasteiger partial charge is 0.338 e. The summed E-state index contributed by atoms with van der Waals surface area (Å²) < 4.78 is 9.99. The van der Waals surface area contributed by atoms with Crippen LogP contribution in [-0.2, 0) is 9.53 Å². The first-order valence-electron chi connectivity index (χ1n) is 7.80. The van der Waals surface area contributed by atoms with E-state index >= 15 is 0 Å². The standard InChI is InChI=1S/C20H16ClNO4/c1-25-13-9-7-12(8-10-13)11-15(20(24)26-2)17-18(23)14-5-3-4-6-16(14)22-19(17)21/h3-11H,1-2H3,(H,22,23)/b15-11+. The molecule has 1 N–H and O–H groups in total. The van der Waals surface area contributed by atoms with Crippen LogP contribution in [0.1, 0.15) is 11.1 Å². The summed E-state index contributed by atoms with van der Waals surface area (Å²) in [6.45, 7) is 0. The van der Waals surface area contributed by atoms with Gasteiger partial charge in [-0.25, -0.2) is 4.79 Å². The Morgan fingerprint density at radius 1 is 1.08 bits per heavy atom. The number of esters is 1. The fourth-order valence-corrected chi connectivity index (χ4v) is 2.95. The highest BCUT2D eigenvalue weighted by Crippen LogP contribution is 2.26. The van der Waals surface area contributed by atoms with Crippen LogP contribution in [0.4, 0.5) is 0 Å². The lowest BCUT2D eigenvalue weighted by Gasteiger charge is -2.10. The molecule has 26 heavy (non-hydrogen) atoms. The third-order valence-corrected chi connectivity index (χ3v) is 4.25. The summed E-state index contributed by atoms with van der Waals surface area (Å²) >= 11 is 6.29. The van der Waals surface area contributed by atoms with E-state index in [9.17, 15) is 9.59 Å². The van der Waals surface area contributed by atoms with Gasteiger partial charge in [0.2, 0.25) is 0 Å². The predicted molar refractivity (Wildman–Crippen MR) is 102 cm³/mol. The molecule has 0 atom stereocenters. The Kier molecular flexibility index (Phi) is 5.09. The lowest BCUT2D eigenvalue weighted by atomic mass is 10.0. The van der Waals surface area contributed by atoms with Gasteiger partial charge in [-0.05, 0) is 35.9 Å². The maximum Gasteiger partial charge on any atom is 0.338 e. The van der Waals surface area contributed by atoms with Crippen LogP contribution in [0.2, 0.25) is 5.15 Å². The van der Waals surface area contributed by atoms with Gasteiger partial charge in [0.1, 0.15) is 10.9 Å². The van der Waals surface area contributed by atoms with Gasteiger partial charge in [0, 0.05) is 5.39 Å². The normalized spacial score (nSPS) is 11.4. The molecule has 5 nitrogen and oxygen atoms in total. The second-order valence-electron chi connectivity index (χ2n) is 5.51. The predicted octanol–water partition coefficient (Wildman–Crippen LogP) is 3.90. The zero-order valence-electron chi connectivity index (χ0n) is 14.2. The molecule has 0 bridgehead atoms. The number of pyridine rings is 1. The molecule has 0 aliphatic carbocycles. The summed E-state index contributed by atoms with van der Waals surface area (Å²) in [5.41, 5.74) is 1.12. The van der Waals surface area contributed by atoms with Crippen molar-refractivity contribution in [3.63, 3.8) is 0 Å². The molecule has 3 rings (SSSR count). The highest BCUT2D eigenvalue weighted by molar-refractivity contribution is 6.35. The zero-order chi connectivity index (χ0) is 18.7. The first-order valence-corrected chi connectivity index (χ1v) is 8.18. The maximum atomic E-state index is 12.9. The monoisotopic (exact) mass is 369 g/mol. The van der Waals surface area contributed by atoms with Gasteiger partial charge in [-0.1, -0.05) is 35.9 Å². The van der Waals surface area contributed by atoms with E-state index in [2.05, 4.69) is 4.98 Å². The molecule has 132 valence electrons. The molecule has 0 aliphatic rings. The number of rotatable bonds is 4. The van der Waals surface area contributed by atoms with Gasteiger partial charge in [0.05, 0.1) is 30.9 Å². The van der Waals surface area contributed by atoms with Crippen molar-refractivity contribution >= 4 is 40.1 Å². The van der Waals surface area contributed by atoms with Crippen molar-refractivity contribution < 1.29 is 14.3 Å². The summed E-state index contributed by atoms with van der Waals surface area (Å²) in [6, 6.07) is 14.0. The van der Waals surface area contributed by atoms with Crippen LogP contribution in [0.3, 0.4) is 0 Å². The van der Waals surface area contributed by atoms with Crippen molar-refractivity contribution in [2.24, 2.45) is 0 Å². The number of aromatic amines is 1. The van der Waals surface area contributed by atoms with E-state index in [4.69, 9.17) is 21.1 Å². The van der Waals surface area contributed by atoms with Crippen LogP contribution in [0.15, 0.2) is 53.3 Å². The zero-order valence-corrected chi connectivity index (χ0v) is 15.0. The number of H-pyrrole nitrogens is 1. The number of para-hydroxylation sites is 1. The van der Waals surface area contributed by atoms with Gasteiger partial charge < -0.3 is 14.5 Å². The van der Waals surface area contributed by atoms with Crippen LogP contribution in [0.25, 0.3) is 22.6 Å².